The van der Waals surface area contributed by atoms with Crippen molar-refractivity contribution >= 4 is 52.1 Å². The molecular weight excluding hydrogens is 425 g/mol. The molecular formula is C21H18FN3O3S2. The van der Waals surface area contributed by atoms with Crippen LogP contribution < -0.4 is 10.9 Å². The van der Waals surface area contributed by atoms with Gasteiger partial charge < -0.3 is 0 Å². The van der Waals surface area contributed by atoms with E-state index in [-0.39, 0.29) is 24.4 Å². The SMILES string of the molecule is Cc1ccc(C=C2SC(=S)N(CCC(=O)NNC(=O)c3ccc(F)cc3)C2=O)cc1. The fourth-order valence-electron chi connectivity index (χ4n) is 2.58. The lowest BCUT2D eigenvalue weighted by atomic mass is 10.1. The van der Waals surface area contributed by atoms with Gasteiger partial charge in [-0.2, -0.15) is 0 Å². The first-order valence-electron chi connectivity index (χ1n) is 9.00. The largest absolute Gasteiger partial charge is 0.292 e. The average Bonchev–Trinajstić information content (AvgIpc) is 2.99. The molecule has 2 N–H and O–H groups in total. The summed E-state index contributed by atoms with van der Waals surface area (Å²) in [6, 6.07) is 12.6. The molecule has 1 fully saturated rings. The molecule has 1 saturated heterocycles. The molecule has 0 atom stereocenters. The van der Waals surface area contributed by atoms with E-state index < -0.39 is 17.6 Å². The van der Waals surface area contributed by atoms with E-state index in [1.165, 1.54) is 28.8 Å². The third kappa shape index (κ3) is 5.52. The van der Waals surface area contributed by atoms with Gasteiger partial charge in [0.1, 0.15) is 10.1 Å². The number of carbonyl (C=O) groups is 3. The molecule has 0 spiro atoms. The van der Waals surface area contributed by atoms with Gasteiger partial charge in [-0.25, -0.2) is 4.39 Å². The topological polar surface area (TPSA) is 78.5 Å². The second-order valence-corrected chi connectivity index (χ2v) is 8.18. The van der Waals surface area contributed by atoms with E-state index in [4.69, 9.17) is 12.2 Å². The second kappa shape index (κ2) is 9.64. The standard InChI is InChI=1S/C21H18FN3O3S2/c1-13-2-4-14(5-3-13)12-17-20(28)25(21(29)30-17)11-10-18(26)23-24-19(27)15-6-8-16(22)9-7-15/h2-9,12H,10-11H2,1H3,(H,23,26)(H,24,27). The molecule has 1 heterocycles. The quantitative estimate of drug-likeness (QED) is 0.422. The van der Waals surface area contributed by atoms with Gasteiger partial charge in [-0.15, -0.1) is 0 Å². The van der Waals surface area contributed by atoms with Gasteiger partial charge in [0.25, 0.3) is 11.8 Å². The van der Waals surface area contributed by atoms with Crippen LogP contribution in [0.3, 0.4) is 0 Å². The Bertz CT molecular complexity index is 1020. The van der Waals surface area contributed by atoms with Crippen molar-refractivity contribution in [2.24, 2.45) is 0 Å². The van der Waals surface area contributed by atoms with E-state index >= 15 is 0 Å². The Kier molecular flexibility index (Phi) is 6.96. The Balaban J connectivity index is 1.51. The summed E-state index contributed by atoms with van der Waals surface area (Å²) >= 11 is 6.45. The molecule has 2 aromatic carbocycles. The first kappa shape index (κ1) is 21.7. The number of hydrogen-bond acceptors (Lipinski definition) is 5. The zero-order valence-corrected chi connectivity index (χ0v) is 17.6. The summed E-state index contributed by atoms with van der Waals surface area (Å²) in [7, 11) is 0. The minimum Gasteiger partial charge on any atom is -0.292 e. The third-order valence-electron chi connectivity index (χ3n) is 4.23. The zero-order chi connectivity index (χ0) is 21.7. The van der Waals surface area contributed by atoms with Crippen molar-refractivity contribution in [3.05, 3.63) is 75.9 Å². The number of halogens is 1. The maximum Gasteiger partial charge on any atom is 0.269 e. The molecule has 154 valence electrons. The lowest BCUT2D eigenvalue weighted by Crippen LogP contribution is -2.43. The van der Waals surface area contributed by atoms with Gasteiger partial charge in [-0.3, -0.25) is 30.1 Å². The third-order valence-corrected chi connectivity index (χ3v) is 5.61. The first-order chi connectivity index (χ1) is 14.3. The summed E-state index contributed by atoms with van der Waals surface area (Å²) < 4.78 is 13.3. The van der Waals surface area contributed by atoms with Gasteiger partial charge in [0, 0.05) is 18.5 Å². The summed E-state index contributed by atoms with van der Waals surface area (Å²) in [5.41, 5.74) is 6.74. The highest BCUT2D eigenvalue weighted by Crippen LogP contribution is 2.32. The number of benzene rings is 2. The van der Waals surface area contributed by atoms with Gasteiger partial charge in [-0.05, 0) is 42.8 Å². The summed E-state index contributed by atoms with van der Waals surface area (Å²) in [6.07, 6.45) is 1.72. The maximum absolute atomic E-state index is 12.9. The number of thioether (sulfide) groups is 1. The van der Waals surface area contributed by atoms with Crippen LogP contribution >= 0.6 is 24.0 Å². The number of rotatable bonds is 5. The second-order valence-electron chi connectivity index (χ2n) is 6.50. The number of aryl methyl sites for hydroxylation is 1. The van der Waals surface area contributed by atoms with Gasteiger partial charge in [0.15, 0.2) is 0 Å². The smallest absolute Gasteiger partial charge is 0.269 e. The summed E-state index contributed by atoms with van der Waals surface area (Å²) in [4.78, 5) is 38.4. The molecule has 3 amide bonds. The van der Waals surface area contributed by atoms with E-state index in [9.17, 15) is 18.8 Å². The van der Waals surface area contributed by atoms with Crippen LogP contribution in [0.25, 0.3) is 6.08 Å². The van der Waals surface area contributed by atoms with E-state index in [2.05, 4.69) is 10.9 Å². The van der Waals surface area contributed by atoms with Crippen molar-refractivity contribution in [2.75, 3.05) is 6.54 Å². The van der Waals surface area contributed by atoms with Crippen LogP contribution in [0.2, 0.25) is 0 Å². The van der Waals surface area contributed by atoms with Crippen LogP contribution in [0.5, 0.6) is 0 Å². The van der Waals surface area contributed by atoms with Gasteiger partial charge in [0.05, 0.1) is 4.91 Å². The van der Waals surface area contributed by atoms with Crippen molar-refractivity contribution in [2.45, 2.75) is 13.3 Å². The molecule has 0 saturated carbocycles. The predicted octanol–water partition coefficient (Wildman–Crippen LogP) is 3.19. The Morgan fingerprint density at radius 3 is 2.43 bits per heavy atom. The number of thiocarbonyl (C=S) groups is 1. The van der Waals surface area contributed by atoms with Crippen molar-refractivity contribution in [1.82, 2.24) is 15.8 Å². The molecule has 30 heavy (non-hydrogen) atoms. The number of hydrogen-bond donors (Lipinski definition) is 2. The van der Waals surface area contributed by atoms with Crippen molar-refractivity contribution in [3.63, 3.8) is 0 Å². The van der Waals surface area contributed by atoms with E-state index in [1.807, 2.05) is 31.2 Å². The van der Waals surface area contributed by atoms with Gasteiger partial charge in [-0.1, -0.05) is 53.8 Å². The van der Waals surface area contributed by atoms with Crippen molar-refractivity contribution in [1.29, 1.82) is 0 Å². The molecule has 0 aromatic heterocycles. The summed E-state index contributed by atoms with van der Waals surface area (Å²) in [6.45, 7) is 2.07. The summed E-state index contributed by atoms with van der Waals surface area (Å²) in [5, 5.41) is 0. The van der Waals surface area contributed by atoms with Crippen LogP contribution in [0, 0.1) is 12.7 Å². The molecule has 0 bridgehead atoms. The molecule has 0 unspecified atom stereocenters. The summed E-state index contributed by atoms with van der Waals surface area (Å²) in [5.74, 6) is -1.78. The predicted molar refractivity (Wildman–Crippen MR) is 118 cm³/mol. The number of carbonyl (C=O) groups excluding carboxylic acids is 3. The van der Waals surface area contributed by atoms with E-state index in [0.717, 1.165) is 23.3 Å². The first-order valence-corrected chi connectivity index (χ1v) is 10.2. The van der Waals surface area contributed by atoms with Crippen LogP contribution in [0.1, 0.15) is 27.9 Å². The fourth-order valence-corrected chi connectivity index (χ4v) is 3.89. The Labute approximate surface area is 182 Å². The highest BCUT2D eigenvalue weighted by molar-refractivity contribution is 8.26. The maximum atomic E-state index is 12.9. The molecule has 1 aliphatic rings. The van der Waals surface area contributed by atoms with Gasteiger partial charge >= 0.3 is 0 Å². The fraction of sp³-hybridized carbons (Fsp3) is 0.143. The minimum absolute atomic E-state index is 0.0477. The average molecular weight is 444 g/mol. The van der Waals surface area contributed by atoms with E-state index in [1.54, 1.807) is 6.08 Å². The van der Waals surface area contributed by atoms with Crippen molar-refractivity contribution < 1.29 is 18.8 Å². The number of hydrazine groups is 1. The van der Waals surface area contributed by atoms with Crippen LogP contribution in [0.15, 0.2) is 53.4 Å². The normalized spacial score (nSPS) is 14.9. The number of nitrogens with zero attached hydrogens (tertiary/aromatic N) is 1. The zero-order valence-electron chi connectivity index (χ0n) is 16.0. The van der Waals surface area contributed by atoms with Gasteiger partial charge in [0.2, 0.25) is 5.91 Å². The Morgan fingerprint density at radius 2 is 1.77 bits per heavy atom. The highest BCUT2D eigenvalue weighted by atomic mass is 32.2. The molecule has 0 radical (unpaired) electrons. The Morgan fingerprint density at radius 1 is 1.10 bits per heavy atom. The minimum atomic E-state index is -0.574. The highest BCUT2D eigenvalue weighted by Gasteiger charge is 2.32. The monoisotopic (exact) mass is 443 g/mol. The van der Waals surface area contributed by atoms with Crippen LogP contribution in [0.4, 0.5) is 4.39 Å². The lowest BCUT2D eigenvalue weighted by molar-refractivity contribution is -0.124. The van der Waals surface area contributed by atoms with Crippen molar-refractivity contribution in [3.8, 4) is 0 Å². The molecule has 3 rings (SSSR count). The van der Waals surface area contributed by atoms with Crippen LogP contribution in [-0.2, 0) is 9.59 Å². The lowest BCUT2D eigenvalue weighted by Gasteiger charge is -2.14. The number of amides is 3. The molecule has 2 aromatic rings. The molecule has 6 nitrogen and oxygen atoms in total. The molecule has 9 heteroatoms. The Hall–Kier alpha value is -3.04. The molecule has 0 aliphatic carbocycles. The van der Waals surface area contributed by atoms with Crippen LogP contribution in [-0.4, -0.2) is 33.5 Å². The molecule has 1 aliphatic heterocycles. The van der Waals surface area contributed by atoms with E-state index in [0.29, 0.717) is 9.23 Å². The number of nitrogens with one attached hydrogen (secondary N) is 2.